The maximum absolute atomic E-state index is 4.80. The largest absolute Gasteiger partial charge is 0.244 e. The van der Waals surface area contributed by atoms with Gasteiger partial charge < -0.3 is 0 Å². The molecule has 112 valence electrons. The number of aromatic nitrogens is 2. The second-order valence-electron chi connectivity index (χ2n) is 4.90. The molecule has 0 aliphatic rings. The fraction of sp³-hybridized carbons (Fsp3) is 0. The summed E-state index contributed by atoms with van der Waals surface area (Å²) in [7, 11) is 0. The molecule has 0 saturated carbocycles. The molecule has 0 spiro atoms. The maximum atomic E-state index is 4.80. The highest BCUT2D eigenvalue weighted by molar-refractivity contribution is 9.11. The second kappa shape index (κ2) is 6.35. The Balaban J connectivity index is 1.72. The summed E-state index contributed by atoms with van der Waals surface area (Å²) < 4.78 is 1.04. The molecule has 4 rings (SSSR count). The van der Waals surface area contributed by atoms with Crippen LogP contribution in [0.25, 0.3) is 31.7 Å². The van der Waals surface area contributed by atoms with Gasteiger partial charge in [0.05, 0.1) is 8.66 Å². The van der Waals surface area contributed by atoms with Gasteiger partial charge in [-0.1, -0.05) is 60.7 Å². The zero-order valence-electron chi connectivity index (χ0n) is 11.9. The van der Waals surface area contributed by atoms with Gasteiger partial charge in [0.1, 0.15) is 15.7 Å². The van der Waals surface area contributed by atoms with Gasteiger partial charge in [0.25, 0.3) is 0 Å². The van der Waals surface area contributed by atoms with E-state index in [1.165, 1.54) is 0 Å². The highest BCUT2D eigenvalue weighted by Crippen LogP contribution is 2.40. The van der Waals surface area contributed by atoms with Gasteiger partial charge >= 0.3 is 0 Å². The molecule has 4 aromatic rings. The fourth-order valence-corrected chi connectivity index (χ4v) is 4.94. The summed E-state index contributed by atoms with van der Waals surface area (Å²) in [5.74, 6) is 0. The Kier molecular flexibility index (Phi) is 4.08. The number of halogens is 1. The predicted molar refractivity (Wildman–Crippen MR) is 102 cm³/mol. The quantitative estimate of drug-likeness (QED) is 0.400. The zero-order chi connectivity index (χ0) is 15.6. The predicted octanol–water partition coefficient (Wildman–Crippen LogP) is 6.36. The summed E-state index contributed by atoms with van der Waals surface area (Å²) in [5.41, 5.74) is 3.24. The van der Waals surface area contributed by atoms with Crippen LogP contribution in [0.2, 0.25) is 0 Å². The molecule has 0 aliphatic heterocycles. The maximum Gasteiger partial charge on any atom is 0.125 e. The number of rotatable bonds is 3. The van der Waals surface area contributed by atoms with E-state index in [4.69, 9.17) is 4.98 Å². The van der Waals surface area contributed by atoms with Crippen LogP contribution in [-0.4, -0.2) is 9.97 Å². The van der Waals surface area contributed by atoms with E-state index in [-0.39, 0.29) is 0 Å². The molecule has 23 heavy (non-hydrogen) atoms. The molecule has 2 aromatic heterocycles. The van der Waals surface area contributed by atoms with Crippen molar-refractivity contribution in [2.45, 2.75) is 0 Å². The Hall–Kier alpha value is -1.82. The lowest BCUT2D eigenvalue weighted by Crippen LogP contribution is -1.76. The molecule has 2 heterocycles. The first kappa shape index (κ1) is 14.8. The number of benzene rings is 2. The van der Waals surface area contributed by atoms with Gasteiger partial charge in [0.2, 0.25) is 0 Å². The van der Waals surface area contributed by atoms with E-state index in [2.05, 4.69) is 45.2 Å². The zero-order valence-corrected chi connectivity index (χ0v) is 15.2. The third kappa shape index (κ3) is 3.00. The molecule has 0 N–H and O–H groups in total. The molecule has 0 saturated heterocycles. The van der Waals surface area contributed by atoms with E-state index in [9.17, 15) is 0 Å². The van der Waals surface area contributed by atoms with Gasteiger partial charge in [-0.15, -0.1) is 22.7 Å². The summed E-state index contributed by atoms with van der Waals surface area (Å²) in [5, 5.41) is 2.03. The Labute approximate surface area is 150 Å². The number of hydrogen-bond donors (Lipinski definition) is 0. The van der Waals surface area contributed by atoms with Crippen LogP contribution in [0, 0.1) is 0 Å². The highest BCUT2D eigenvalue weighted by atomic mass is 79.9. The first-order valence-corrected chi connectivity index (χ1v) is 9.47. The molecule has 0 aliphatic carbocycles. The molecule has 0 unspecified atom stereocenters. The minimum Gasteiger partial charge on any atom is -0.244 e. The van der Waals surface area contributed by atoms with Crippen LogP contribution in [0.4, 0.5) is 0 Å². The smallest absolute Gasteiger partial charge is 0.125 e. The molecular formula is C18H11BrN2S2. The summed E-state index contributed by atoms with van der Waals surface area (Å²) in [6.45, 7) is 0. The first-order chi connectivity index (χ1) is 11.3. The second-order valence-corrected chi connectivity index (χ2v) is 8.25. The van der Waals surface area contributed by atoms with Crippen molar-refractivity contribution in [2.24, 2.45) is 0 Å². The molecule has 0 atom stereocenters. The van der Waals surface area contributed by atoms with E-state index < -0.39 is 0 Å². The lowest BCUT2D eigenvalue weighted by molar-refractivity contribution is 1.38. The molecule has 0 radical (unpaired) electrons. The normalized spacial score (nSPS) is 10.8. The van der Waals surface area contributed by atoms with Crippen molar-refractivity contribution >= 4 is 38.6 Å². The summed E-state index contributed by atoms with van der Waals surface area (Å²) in [6.07, 6.45) is 1.90. The van der Waals surface area contributed by atoms with Crippen LogP contribution in [0.3, 0.4) is 0 Å². The van der Waals surface area contributed by atoms with Crippen LogP contribution in [-0.2, 0) is 0 Å². The molecule has 0 bridgehead atoms. The molecular weight excluding hydrogens is 388 g/mol. The number of nitrogens with zero attached hydrogens (tertiary/aromatic N) is 2. The van der Waals surface area contributed by atoms with Crippen molar-refractivity contribution in [1.82, 2.24) is 9.97 Å². The molecule has 0 amide bonds. The Morgan fingerprint density at radius 2 is 1.35 bits per heavy atom. The van der Waals surface area contributed by atoms with Crippen molar-refractivity contribution in [2.75, 3.05) is 0 Å². The Morgan fingerprint density at radius 1 is 0.739 bits per heavy atom. The third-order valence-corrected chi connectivity index (χ3v) is 6.17. The van der Waals surface area contributed by atoms with Crippen LogP contribution in [0.1, 0.15) is 0 Å². The van der Waals surface area contributed by atoms with E-state index >= 15 is 0 Å². The topological polar surface area (TPSA) is 25.8 Å². The van der Waals surface area contributed by atoms with Crippen molar-refractivity contribution in [1.29, 1.82) is 0 Å². The Morgan fingerprint density at radius 3 is 2.00 bits per heavy atom. The fourth-order valence-electron chi connectivity index (χ4n) is 2.26. The summed E-state index contributed by atoms with van der Waals surface area (Å²) in [4.78, 5) is 10.4. The van der Waals surface area contributed by atoms with E-state index in [0.29, 0.717) is 0 Å². The average Bonchev–Trinajstić information content (AvgIpc) is 3.23. The van der Waals surface area contributed by atoms with Crippen molar-refractivity contribution in [3.63, 3.8) is 0 Å². The summed E-state index contributed by atoms with van der Waals surface area (Å²) >= 11 is 6.97. The minimum absolute atomic E-state index is 0.966. The van der Waals surface area contributed by atoms with Crippen LogP contribution < -0.4 is 0 Å². The molecule has 5 heteroatoms. The monoisotopic (exact) mass is 398 g/mol. The lowest BCUT2D eigenvalue weighted by Gasteiger charge is -1.94. The lowest BCUT2D eigenvalue weighted by atomic mass is 10.2. The highest BCUT2D eigenvalue weighted by Gasteiger charge is 2.15. The van der Waals surface area contributed by atoms with E-state index in [1.54, 1.807) is 22.7 Å². The molecule has 2 aromatic carbocycles. The minimum atomic E-state index is 0.966. The van der Waals surface area contributed by atoms with Gasteiger partial charge in [0.15, 0.2) is 0 Å². The van der Waals surface area contributed by atoms with Crippen LogP contribution >= 0.6 is 38.6 Å². The van der Waals surface area contributed by atoms with Gasteiger partial charge in [-0.2, -0.15) is 0 Å². The average molecular weight is 399 g/mol. The molecule has 0 fully saturated rings. The standard InChI is InChI=1S/C18H11BrN2S2/c19-16-15(21-18(23-16)13-9-5-2-6-10-13)14-11-20-17(22-14)12-7-3-1-4-8-12/h1-11H. The van der Waals surface area contributed by atoms with Gasteiger partial charge in [-0.3, -0.25) is 0 Å². The number of hydrogen-bond acceptors (Lipinski definition) is 4. The van der Waals surface area contributed by atoms with E-state index in [0.717, 1.165) is 35.5 Å². The number of thiazole rings is 2. The third-order valence-electron chi connectivity index (χ3n) is 3.37. The summed E-state index contributed by atoms with van der Waals surface area (Å²) in [6, 6.07) is 20.5. The molecule has 2 nitrogen and oxygen atoms in total. The van der Waals surface area contributed by atoms with Crippen LogP contribution in [0.15, 0.2) is 70.6 Å². The first-order valence-electron chi connectivity index (χ1n) is 7.04. The van der Waals surface area contributed by atoms with Crippen molar-refractivity contribution < 1.29 is 0 Å². The van der Waals surface area contributed by atoms with Crippen molar-refractivity contribution in [3.05, 3.63) is 70.6 Å². The SMILES string of the molecule is Brc1sc(-c2ccccc2)nc1-c1cnc(-c2ccccc2)s1. The van der Waals surface area contributed by atoms with Gasteiger partial charge in [-0.25, -0.2) is 9.97 Å². The van der Waals surface area contributed by atoms with Crippen molar-refractivity contribution in [3.8, 4) is 31.7 Å². The van der Waals surface area contributed by atoms with Gasteiger partial charge in [-0.05, 0) is 15.9 Å². The Bertz CT molecular complexity index is 930. The van der Waals surface area contributed by atoms with Crippen LogP contribution in [0.5, 0.6) is 0 Å². The van der Waals surface area contributed by atoms with Gasteiger partial charge in [0, 0.05) is 17.3 Å². The van der Waals surface area contributed by atoms with E-state index in [1.807, 2.05) is 42.6 Å².